The fraction of sp³-hybridized carbons (Fsp3) is 0.562. The average Bonchev–Trinajstić information content (AvgIpc) is 2.48. The highest BCUT2D eigenvalue weighted by Crippen LogP contribution is 2.23. The minimum Gasteiger partial charge on any atom is -0.406 e. The smallest absolute Gasteiger partial charge is 0.406 e. The Balaban J connectivity index is 1.82. The first-order valence-corrected chi connectivity index (χ1v) is 7.76. The first-order valence-electron chi connectivity index (χ1n) is 7.76. The van der Waals surface area contributed by atoms with Crippen LogP contribution in [-0.2, 0) is 11.2 Å². The van der Waals surface area contributed by atoms with Crippen LogP contribution in [0.4, 0.5) is 13.2 Å². The summed E-state index contributed by atoms with van der Waals surface area (Å²) in [6.45, 7) is 4.89. The van der Waals surface area contributed by atoms with E-state index in [1.54, 1.807) is 11.8 Å². The van der Waals surface area contributed by atoms with E-state index in [1.807, 2.05) is 0 Å². The number of hydrogen-bond acceptors (Lipinski definition) is 4. The molecule has 0 spiro atoms. The number of nitrogens with zero attached hydrogens (tertiary/aromatic N) is 2. The number of carbonyl (C=O) groups excluding carboxylic acids is 1. The quantitative estimate of drug-likeness (QED) is 0.881. The number of rotatable bonds is 5. The highest BCUT2D eigenvalue weighted by Gasteiger charge is 2.31. The second kappa shape index (κ2) is 7.85. The molecular formula is C16H21F3N2O3. The predicted octanol–water partition coefficient (Wildman–Crippen LogP) is 1.65. The van der Waals surface area contributed by atoms with Crippen LogP contribution in [0.2, 0.25) is 0 Å². The van der Waals surface area contributed by atoms with Crippen LogP contribution in [0, 0.1) is 0 Å². The largest absolute Gasteiger partial charge is 0.573 e. The molecule has 0 saturated carbocycles. The Morgan fingerprint density at radius 3 is 2.29 bits per heavy atom. The highest BCUT2D eigenvalue weighted by atomic mass is 19.4. The number of halogens is 3. The van der Waals surface area contributed by atoms with Crippen molar-refractivity contribution < 1.29 is 27.8 Å². The number of β-amino-alcohol motifs (C(OH)–C–C–N with tert-alkyl or cyclic N) is 1. The van der Waals surface area contributed by atoms with Gasteiger partial charge in [0.15, 0.2) is 0 Å². The van der Waals surface area contributed by atoms with Crippen molar-refractivity contribution in [2.24, 2.45) is 0 Å². The van der Waals surface area contributed by atoms with Gasteiger partial charge in [-0.15, -0.1) is 13.2 Å². The molecule has 8 heteroatoms. The van der Waals surface area contributed by atoms with Gasteiger partial charge in [0.05, 0.1) is 12.5 Å². The van der Waals surface area contributed by atoms with Crippen LogP contribution in [-0.4, -0.2) is 66.0 Å². The molecule has 0 aromatic heterocycles. The van der Waals surface area contributed by atoms with Crippen LogP contribution < -0.4 is 4.74 Å². The molecule has 1 aliphatic heterocycles. The molecule has 1 unspecified atom stereocenters. The Kier molecular flexibility index (Phi) is 6.06. The maximum absolute atomic E-state index is 12.3. The number of aliphatic hydroxyl groups is 1. The zero-order chi connectivity index (χ0) is 17.7. The summed E-state index contributed by atoms with van der Waals surface area (Å²) in [6, 6.07) is 5.33. The molecule has 24 heavy (non-hydrogen) atoms. The Labute approximate surface area is 138 Å². The highest BCUT2D eigenvalue weighted by molar-refractivity contribution is 5.78. The summed E-state index contributed by atoms with van der Waals surface area (Å²) in [5, 5.41) is 9.36. The molecule has 1 aliphatic rings. The average molecular weight is 346 g/mol. The predicted molar refractivity (Wildman–Crippen MR) is 81.5 cm³/mol. The molecule has 1 aromatic carbocycles. The lowest BCUT2D eigenvalue weighted by Gasteiger charge is -2.35. The van der Waals surface area contributed by atoms with Crippen LogP contribution in [0.25, 0.3) is 0 Å². The van der Waals surface area contributed by atoms with E-state index in [0.717, 1.165) is 0 Å². The molecule has 1 amide bonds. The lowest BCUT2D eigenvalue weighted by molar-refractivity contribution is -0.274. The first-order chi connectivity index (χ1) is 11.2. The zero-order valence-electron chi connectivity index (χ0n) is 13.4. The number of benzene rings is 1. The van der Waals surface area contributed by atoms with Crippen molar-refractivity contribution in [2.45, 2.75) is 25.8 Å². The summed E-state index contributed by atoms with van der Waals surface area (Å²) in [6.07, 6.45) is -4.98. The summed E-state index contributed by atoms with van der Waals surface area (Å²) in [7, 11) is 0. The van der Waals surface area contributed by atoms with Crippen molar-refractivity contribution in [3.63, 3.8) is 0 Å². The Bertz CT molecular complexity index is 538. The number of amides is 1. The van der Waals surface area contributed by atoms with Gasteiger partial charge in [0, 0.05) is 32.7 Å². The molecule has 1 fully saturated rings. The van der Waals surface area contributed by atoms with Gasteiger partial charge in [-0.1, -0.05) is 12.1 Å². The zero-order valence-corrected chi connectivity index (χ0v) is 13.4. The number of carbonyl (C=O) groups is 1. The van der Waals surface area contributed by atoms with E-state index in [0.29, 0.717) is 38.3 Å². The monoisotopic (exact) mass is 346 g/mol. The second-order valence-electron chi connectivity index (χ2n) is 5.90. The Morgan fingerprint density at radius 1 is 1.21 bits per heavy atom. The Hall–Kier alpha value is -1.80. The van der Waals surface area contributed by atoms with Crippen LogP contribution in [0.1, 0.15) is 12.5 Å². The van der Waals surface area contributed by atoms with E-state index in [-0.39, 0.29) is 18.1 Å². The summed E-state index contributed by atoms with van der Waals surface area (Å²) < 4.78 is 40.1. The first kappa shape index (κ1) is 18.5. The van der Waals surface area contributed by atoms with Crippen molar-refractivity contribution >= 4 is 5.91 Å². The molecule has 5 nitrogen and oxygen atoms in total. The van der Waals surface area contributed by atoms with Crippen molar-refractivity contribution in [1.29, 1.82) is 0 Å². The van der Waals surface area contributed by atoms with Gasteiger partial charge in [-0.3, -0.25) is 9.69 Å². The molecule has 1 aromatic rings. The van der Waals surface area contributed by atoms with Crippen molar-refractivity contribution in [2.75, 3.05) is 32.7 Å². The molecule has 2 rings (SSSR count). The summed E-state index contributed by atoms with van der Waals surface area (Å²) in [5.74, 6) is -0.360. The van der Waals surface area contributed by atoms with E-state index in [9.17, 15) is 23.1 Å². The standard InChI is InChI=1S/C16H21F3N2O3/c1-12(22)11-20-6-8-21(9-7-20)15(23)10-13-2-4-14(5-3-13)24-16(17,18)19/h2-5,12,22H,6-11H2,1H3. The molecule has 1 atom stereocenters. The van der Waals surface area contributed by atoms with Gasteiger partial charge >= 0.3 is 6.36 Å². The third kappa shape index (κ3) is 6.01. The van der Waals surface area contributed by atoms with E-state index in [2.05, 4.69) is 9.64 Å². The number of hydrogen-bond donors (Lipinski definition) is 1. The fourth-order valence-corrected chi connectivity index (χ4v) is 2.65. The second-order valence-corrected chi connectivity index (χ2v) is 5.90. The lowest BCUT2D eigenvalue weighted by atomic mass is 10.1. The van der Waals surface area contributed by atoms with Crippen LogP contribution in [0.3, 0.4) is 0 Å². The van der Waals surface area contributed by atoms with Gasteiger partial charge in [-0.25, -0.2) is 0 Å². The molecule has 1 N–H and O–H groups in total. The summed E-state index contributed by atoms with van der Waals surface area (Å²) in [4.78, 5) is 16.1. The molecule has 1 saturated heterocycles. The van der Waals surface area contributed by atoms with Gasteiger partial charge < -0.3 is 14.7 Å². The van der Waals surface area contributed by atoms with Crippen molar-refractivity contribution in [1.82, 2.24) is 9.80 Å². The molecular weight excluding hydrogens is 325 g/mol. The lowest BCUT2D eigenvalue weighted by Crippen LogP contribution is -2.50. The van der Waals surface area contributed by atoms with Crippen LogP contribution in [0.15, 0.2) is 24.3 Å². The number of ether oxygens (including phenoxy) is 1. The SMILES string of the molecule is CC(O)CN1CCN(C(=O)Cc2ccc(OC(F)(F)F)cc2)CC1. The van der Waals surface area contributed by atoms with E-state index < -0.39 is 12.5 Å². The van der Waals surface area contributed by atoms with E-state index >= 15 is 0 Å². The minimum atomic E-state index is -4.72. The van der Waals surface area contributed by atoms with Gasteiger partial charge in [0.25, 0.3) is 0 Å². The Morgan fingerprint density at radius 2 is 1.79 bits per heavy atom. The van der Waals surface area contributed by atoms with Gasteiger partial charge in [0.2, 0.25) is 5.91 Å². The third-order valence-electron chi connectivity index (χ3n) is 3.76. The van der Waals surface area contributed by atoms with Gasteiger partial charge in [-0.2, -0.15) is 0 Å². The fourth-order valence-electron chi connectivity index (χ4n) is 2.65. The van der Waals surface area contributed by atoms with Crippen LogP contribution >= 0.6 is 0 Å². The molecule has 134 valence electrons. The normalized spacial score (nSPS) is 17.6. The van der Waals surface area contributed by atoms with Crippen LogP contribution in [0.5, 0.6) is 5.75 Å². The number of piperazine rings is 1. The topological polar surface area (TPSA) is 53.0 Å². The van der Waals surface area contributed by atoms with E-state index in [1.165, 1.54) is 24.3 Å². The number of alkyl halides is 3. The van der Waals surface area contributed by atoms with Crippen molar-refractivity contribution in [3.8, 4) is 5.75 Å². The maximum Gasteiger partial charge on any atom is 0.573 e. The van der Waals surface area contributed by atoms with Crippen molar-refractivity contribution in [3.05, 3.63) is 29.8 Å². The summed E-state index contributed by atoms with van der Waals surface area (Å²) in [5.41, 5.74) is 0.640. The van der Waals surface area contributed by atoms with Gasteiger partial charge in [-0.05, 0) is 24.6 Å². The van der Waals surface area contributed by atoms with Gasteiger partial charge in [0.1, 0.15) is 5.75 Å². The molecule has 1 heterocycles. The maximum atomic E-state index is 12.3. The van der Waals surface area contributed by atoms with E-state index in [4.69, 9.17) is 0 Å². The molecule has 0 radical (unpaired) electrons. The number of aliphatic hydroxyl groups excluding tert-OH is 1. The summed E-state index contributed by atoms with van der Waals surface area (Å²) >= 11 is 0. The molecule has 0 bridgehead atoms. The third-order valence-corrected chi connectivity index (χ3v) is 3.76. The molecule has 0 aliphatic carbocycles. The minimum absolute atomic E-state index is 0.0591.